The van der Waals surface area contributed by atoms with Gasteiger partial charge in [-0.15, -0.1) is 0 Å². The molecule has 4 N–H and O–H groups in total. The van der Waals surface area contributed by atoms with Crippen LogP contribution in [0.5, 0.6) is 0 Å². The molecule has 13 heavy (non-hydrogen) atoms. The quantitative estimate of drug-likeness (QED) is 0.857. The molecule has 1 rings (SSSR count). The fourth-order valence-corrected chi connectivity index (χ4v) is 1.34. The Balaban J connectivity index is 2.84. The molecule has 0 heterocycles. The van der Waals surface area contributed by atoms with Gasteiger partial charge in [0.25, 0.3) is 0 Å². The summed E-state index contributed by atoms with van der Waals surface area (Å²) in [6.45, 7) is 0.513. The summed E-state index contributed by atoms with van der Waals surface area (Å²) in [7, 11) is 0. The fraction of sp³-hybridized carbons (Fsp3) is 0.333. The van der Waals surface area contributed by atoms with Crippen LogP contribution in [0.25, 0.3) is 0 Å². The highest BCUT2D eigenvalue weighted by Crippen LogP contribution is 2.20. The van der Waals surface area contributed by atoms with Gasteiger partial charge >= 0.3 is 0 Å². The highest BCUT2D eigenvalue weighted by atomic mass is 79.9. The average Bonchev–Trinajstić information content (AvgIpc) is 2.10. The molecule has 1 aromatic carbocycles. The minimum atomic E-state index is -0.287. The van der Waals surface area contributed by atoms with E-state index in [2.05, 4.69) is 15.9 Å². The van der Waals surface area contributed by atoms with Crippen molar-refractivity contribution in [1.82, 2.24) is 0 Å². The standard InChI is InChI=1S/C9H12BrFN2/c10-7-2-1-6(5-8(7)11)9(13)3-4-12/h1-2,5,9H,3-4,12-13H2/t9-/m1/s1. The van der Waals surface area contributed by atoms with Crippen molar-refractivity contribution in [2.45, 2.75) is 12.5 Å². The van der Waals surface area contributed by atoms with Gasteiger partial charge in [0.15, 0.2) is 0 Å². The Labute approximate surface area is 85.2 Å². The summed E-state index contributed by atoms with van der Waals surface area (Å²) in [6.07, 6.45) is 0.668. The van der Waals surface area contributed by atoms with E-state index in [-0.39, 0.29) is 11.9 Å². The van der Waals surface area contributed by atoms with Crippen molar-refractivity contribution in [2.24, 2.45) is 11.5 Å². The molecule has 0 aliphatic heterocycles. The number of rotatable bonds is 3. The predicted molar refractivity (Wildman–Crippen MR) is 54.7 cm³/mol. The zero-order valence-corrected chi connectivity index (χ0v) is 8.72. The smallest absolute Gasteiger partial charge is 0.137 e. The first-order chi connectivity index (χ1) is 6.15. The Hall–Kier alpha value is -0.450. The molecule has 0 aliphatic carbocycles. The molecule has 0 amide bonds. The van der Waals surface area contributed by atoms with Gasteiger partial charge < -0.3 is 11.5 Å². The van der Waals surface area contributed by atoms with Crippen LogP contribution < -0.4 is 11.5 Å². The van der Waals surface area contributed by atoms with E-state index in [1.165, 1.54) is 6.07 Å². The lowest BCUT2D eigenvalue weighted by molar-refractivity contribution is 0.606. The highest BCUT2D eigenvalue weighted by molar-refractivity contribution is 9.10. The maximum atomic E-state index is 13.0. The lowest BCUT2D eigenvalue weighted by Gasteiger charge is -2.10. The molecule has 72 valence electrons. The van der Waals surface area contributed by atoms with Crippen LogP contribution in [0.4, 0.5) is 4.39 Å². The second-order valence-electron chi connectivity index (χ2n) is 2.86. The summed E-state index contributed by atoms with van der Waals surface area (Å²) in [5.41, 5.74) is 11.9. The zero-order chi connectivity index (χ0) is 9.84. The number of benzene rings is 1. The third kappa shape index (κ3) is 2.76. The van der Waals surface area contributed by atoms with Crippen molar-refractivity contribution >= 4 is 15.9 Å². The van der Waals surface area contributed by atoms with E-state index in [9.17, 15) is 4.39 Å². The number of hydrogen-bond acceptors (Lipinski definition) is 2. The Kier molecular flexibility index (Phi) is 3.84. The van der Waals surface area contributed by atoms with E-state index in [0.717, 1.165) is 5.56 Å². The Morgan fingerprint density at radius 1 is 1.46 bits per heavy atom. The van der Waals surface area contributed by atoms with E-state index >= 15 is 0 Å². The lowest BCUT2D eigenvalue weighted by Crippen LogP contribution is -2.15. The third-order valence-corrected chi connectivity index (χ3v) is 2.49. The first-order valence-electron chi connectivity index (χ1n) is 4.05. The molecule has 0 bridgehead atoms. The lowest BCUT2D eigenvalue weighted by atomic mass is 10.1. The second-order valence-corrected chi connectivity index (χ2v) is 3.71. The molecule has 0 saturated carbocycles. The van der Waals surface area contributed by atoms with E-state index in [1.54, 1.807) is 12.1 Å². The van der Waals surface area contributed by atoms with Crippen molar-refractivity contribution in [3.8, 4) is 0 Å². The van der Waals surface area contributed by atoms with Crippen molar-refractivity contribution in [3.63, 3.8) is 0 Å². The predicted octanol–water partition coefficient (Wildman–Crippen LogP) is 1.94. The molecule has 0 unspecified atom stereocenters. The first-order valence-corrected chi connectivity index (χ1v) is 4.85. The maximum absolute atomic E-state index is 13.0. The van der Waals surface area contributed by atoms with Gasteiger partial charge in [0, 0.05) is 6.04 Å². The largest absolute Gasteiger partial charge is 0.330 e. The van der Waals surface area contributed by atoms with Crippen molar-refractivity contribution in [2.75, 3.05) is 6.54 Å². The minimum Gasteiger partial charge on any atom is -0.330 e. The maximum Gasteiger partial charge on any atom is 0.137 e. The average molecular weight is 247 g/mol. The van der Waals surface area contributed by atoms with Crippen LogP contribution in [0.15, 0.2) is 22.7 Å². The molecular formula is C9H12BrFN2. The number of nitrogens with two attached hydrogens (primary N) is 2. The van der Waals surface area contributed by atoms with Crippen LogP contribution in [-0.4, -0.2) is 6.54 Å². The fourth-order valence-electron chi connectivity index (χ4n) is 1.09. The molecule has 0 aromatic heterocycles. The van der Waals surface area contributed by atoms with Crippen molar-refractivity contribution in [3.05, 3.63) is 34.1 Å². The zero-order valence-electron chi connectivity index (χ0n) is 7.13. The van der Waals surface area contributed by atoms with Crippen LogP contribution in [0.3, 0.4) is 0 Å². The Bertz CT molecular complexity index is 291. The molecule has 0 fully saturated rings. The van der Waals surface area contributed by atoms with Crippen LogP contribution in [0.1, 0.15) is 18.0 Å². The first kappa shape index (κ1) is 10.6. The summed E-state index contributed by atoms with van der Waals surface area (Å²) in [5.74, 6) is -0.287. The van der Waals surface area contributed by atoms with E-state index in [1.807, 2.05) is 0 Å². The topological polar surface area (TPSA) is 52.0 Å². The Morgan fingerprint density at radius 2 is 2.15 bits per heavy atom. The van der Waals surface area contributed by atoms with Gasteiger partial charge in [-0.3, -0.25) is 0 Å². The van der Waals surface area contributed by atoms with Gasteiger partial charge in [-0.05, 0) is 46.6 Å². The van der Waals surface area contributed by atoms with E-state index in [0.29, 0.717) is 17.4 Å². The van der Waals surface area contributed by atoms with Gasteiger partial charge in [0.1, 0.15) is 5.82 Å². The number of halogens is 2. The highest BCUT2D eigenvalue weighted by Gasteiger charge is 2.07. The summed E-state index contributed by atoms with van der Waals surface area (Å²) in [6, 6.07) is 4.71. The number of hydrogen-bond donors (Lipinski definition) is 2. The van der Waals surface area contributed by atoms with Gasteiger partial charge in [-0.2, -0.15) is 0 Å². The summed E-state index contributed by atoms with van der Waals surface area (Å²) in [5, 5.41) is 0. The van der Waals surface area contributed by atoms with Gasteiger partial charge in [0.05, 0.1) is 4.47 Å². The molecular weight excluding hydrogens is 235 g/mol. The third-order valence-electron chi connectivity index (χ3n) is 1.85. The normalized spacial score (nSPS) is 12.9. The van der Waals surface area contributed by atoms with Crippen molar-refractivity contribution < 1.29 is 4.39 Å². The SMILES string of the molecule is NCC[C@@H](N)c1ccc(Br)c(F)c1. The van der Waals surface area contributed by atoms with Gasteiger partial charge in [0.2, 0.25) is 0 Å². The Morgan fingerprint density at radius 3 is 2.69 bits per heavy atom. The molecule has 0 spiro atoms. The van der Waals surface area contributed by atoms with Gasteiger partial charge in [-0.25, -0.2) is 4.39 Å². The molecule has 0 saturated heterocycles. The van der Waals surface area contributed by atoms with E-state index < -0.39 is 0 Å². The molecule has 4 heteroatoms. The molecule has 1 atom stereocenters. The van der Waals surface area contributed by atoms with Crippen LogP contribution in [-0.2, 0) is 0 Å². The molecule has 0 radical (unpaired) electrons. The minimum absolute atomic E-state index is 0.174. The van der Waals surface area contributed by atoms with Crippen LogP contribution >= 0.6 is 15.9 Å². The summed E-state index contributed by atoms with van der Waals surface area (Å²) in [4.78, 5) is 0. The summed E-state index contributed by atoms with van der Waals surface area (Å²) < 4.78 is 13.5. The molecule has 2 nitrogen and oxygen atoms in total. The van der Waals surface area contributed by atoms with E-state index in [4.69, 9.17) is 11.5 Å². The summed E-state index contributed by atoms with van der Waals surface area (Å²) >= 11 is 3.08. The van der Waals surface area contributed by atoms with Crippen molar-refractivity contribution in [1.29, 1.82) is 0 Å². The van der Waals surface area contributed by atoms with Gasteiger partial charge in [-0.1, -0.05) is 6.07 Å². The second kappa shape index (κ2) is 4.69. The van der Waals surface area contributed by atoms with Crippen LogP contribution in [0, 0.1) is 5.82 Å². The monoisotopic (exact) mass is 246 g/mol. The molecule has 0 aliphatic rings. The van der Waals surface area contributed by atoms with Crippen LogP contribution in [0.2, 0.25) is 0 Å². The molecule has 1 aromatic rings.